The quantitative estimate of drug-likeness (QED) is 0.785. The maximum absolute atomic E-state index is 6.15. The fourth-order valence-corrected chi connectivity index (χ4v) is 3.49. The summed E-state index contributed by atoms with van der Waals surface area (Å²) in [6.07, 6.45) is 9.28. The van der Waals surface area contributed by atoms with E-state index in [4.69, 9.17) is 5.73 Å². The molecule has 1 heteroatoms. The van der Waals surface area contributed by atoms with Gasteiger partial charge in [0.25, 0.3) is 0 Å². The van der Waals surface area contributed by atoms with E-state index in [0.29, 0.717) is 5.41 Å². The standard InChI is InChI=1S/C19H31N/c1-18(2,3)17-10-8-16(9-11-17)14-19(15-20)12-6-4-5-7-13-19/h8-11H,4-7,12-15,20H2,1-3H3. The van der Waals surface area contributed by atoms with Crippen LogP contribution in [0.3, 0.4) is 0 Å². The summed E-state index contributed by atoms with van der Waals surface area (Å²) in [5.74, 6) is 0. The average molecular weight is 273 g/mol. The Balaban J connectivity index is 2.11. The lowest BCUT2D eigenvalue weighted by atomic mass is 9.75. The van der Waals surface area contributed by atoms with Crippen LogP contribution in [0.25, 0.3) is 0 Å². The second-order valence-corrected chi connectivity index (χ2v) is 7.74. The van der Waals surface area contributed by atoms with Crippen molar-refractivity contribution in [1.82, 2.24) is 0 Å². The molecule has 0 radical (unpaired) electrons. The van der Waals surface area contributed by atoms with Gasteiger partial charge in [0.2, 0.25) is 0 Å². The maximum atomic E-state index is 6.15. The van der Waals surface area contributed by atoms with E-state index >= 15 is 0 Å². The van der Waals surface area contributed by atoms with Gasteiger partial charge in [-0.3, -0.25) is 0 Å². The van der Waals surface area contributed by atoms with Crippen molar-refractivity contribution in [3.05, 3.63) is 35.4 Å². The second kappa shape index (κ2) is 6.30. The van der Waals surface area contributed by atoms with Crippen molar-refractivity contribution in [2.45, 2.75) is 71.1 Å². The van der Waals surface area contributed by atoms with Gasteiger partial charge in [-0.1, -0.05) is 70.7 Å². The molecular weight excluding hydrogens is 242 g/mol. The lowest BCUT2D eigenvalue weighted by molar-refractivity contribution is 0.252. The minimum Gasteiger partial charge on any atom is -0.330 e. The fourth-order valence-electron chi connectivity index (χ4n) is 3.49. The van der Waals surface area contributed by atoms with Crippen molar-refractivity contribution in [3.63, 3.8) is 0 Å². The Hall–Kier alpha value is -0.820. The summed E-state index contributed by atoms with van der Waals surface area (Å²) < 4.78 is 0. The molecule has 0 heterocycles. The number of rotatable bonds is 3. The molecule has 20 heavy (non-hydrogen) atoms. The molecular formula is C19H31N. The van der Waals surface area contributed by atoms with E-state index < -0.39 is 0 Å². The first-order valence-electron chi connectivity index (χ1n) is 8.25. The molecule has 2 rings (SSSR count). The Labute approximate surface area is 125 Å². The third-order valence-corrected chi connectivity index (χ3v) is 5.00. The van der Waals surface area contributed by atoms with Crippen LogP contribution in [-0.4, -0.2) is 6.54 Å². The van der Waals surface area contributed by atoms with Crippen molar-refractivity contribution in [2.24, 2.45) is 11.1 Å². The Kier molecular flexibility index (Phi) is 4.90. The van der Waals surface area contributed by atoms with Crippen LogP contribution in [0, 0.1) is 5.41 Å². The molecule has 0 aromatic heterocycles. The summed E-state index contributed by atoms with van der Waals surface area (Å²) in [7, 11) is 0. The predicted octanol–water partition coefficient (Wildman–Crippen LogP) is 4.83. The molecule has 1 fully saturated rings. The van der Waals surface area contributed by atoms with Gasteiger partial charge in [-0.2, -0.15) is 0 Å². The van der Waals surface area contributed by atoms with Crippen molar-refractivity contribution in [2.75, 3.05) is 6.54 Å². The number of hydrogen-bond donors (Lipinski definition) is 1. The Morgan fingerprint density at radius 3 is 1.95 bits per heavy atom. The van der Waals surface area contributed by atoms with Crippen LogP contribution in [0.4, 0.5) is 0 Å². The molecule has 1 aromatic carbocycles. The molecule has 0 unspecified atom stereocenters. The van der Waals surface area contributed by atoms with E-state index in [1.165, 1.54) is 49.7 Å². The molecule has 1 aliphatic rings. The third kappa shape index (κ3) is 3.85. The Morgan fingerprint density at radius 1 is 0.950 bits per heavy atom. The van der Waals surface area contributed by atoms with Gasteiger partial charge in [0.1, 0.15) is 0 Å². The van der Waals surface area contributed by atoms with E-state index in [1.807, 2.05) is 0 Å². The summed E-state index contributed by atoms with van der Waals surface area (Å²) in [5, 5.41) is 0. The third-order valence-electron chi connectivity index (χ3n) is 5.00. The number of benzene rings is 1. The SMILES string of the molecule is CC(C)(C)c1ccc(CC2(CN)CCCCCC2)cc1. The highest BCUT2D eigenvalue weighted by atomic mass is 14.6. The normalized spacial score (nSPS) is 19.6. The summed E-state index contributed by atoms with van der Waals surface area (Å²) in [6, 6.07) is 9.25. The van der Waals surface area contributed by atoms with E-state index in [9.17, 15) is 0 Å². The first kappa shape index (κ1) is 15.6. The van der Waals surface area contributed by atoms with Crippen LogP contribution < -0.4 is 5.73 Å². The lowest BCUT2D eigenvalue weighted by Crippen LogP contribution is -2.32. The summed E-state index contributed by atoms with van der Waals surface area (Å²) in [5.41, 5.74) is 9.64. The maximum Gasteiger partial charge on any atom is -0.00173 e. The molecule has 0 aliphatic heterocycles. The molecule has 112 valence electrons. The minimum absolute atomic E-state index is 0.242. The van der Waals surface area contributed by atoms with Gasteiger partial charge in [0.15, 0.2) is 0 Å². The number of nitrogens with two attached hydrogens (primary N) is 1. The summed E-state index contributed by atoms with van der Waals surface area (Å²) in [6.45, 7) is 7.66. The van der Waals surface area contributed by atoms with E-state index in [1.54, 1.807) is 0 Å². The summed E-state index contributed by atoms with van der Waals surface area (Å²) in [4.78, 5) is 0. The summed E-state index contributed by atoms with van der Waals surface area (Å²) >= 11 is 0. The molecule has 1 aliphatic carbocycles. The van der Waals surface area contributed by atoms with Gasteiger partial charge in [-0.25, -0.2) is 0 Å². The molecule has 0 atom stereocenters. The zero-order chi connectivity index (χ0) is 14.6. The van der Waals surface area contributed by atoms with Crippen LogP contribution >= 0.6 is 0 Å². The van der Waals surface area contributed by atoms with Gasteiger partial charge < -0.3 is 5.73 Å². The van der Waals surface area contributed by atoms with Gasteiger partial charge in [-0.05, 0) is 47.8 Å². The molecule has 0 amide bonds. The van der Waals surface area contributed by atoms with E-state index in [2.05, 4.69) is 45.0 Å². The van der Waals surface area contributed by atoms with Crippen molar-refractivity contribution in [3.8, 4) is 0 Å². The van der Waals surface area contributed by atoms with Gasteiger partial charge in [0, 0.05) is 0 Å². The number of hydrogen-bond acceptors (Lipinski definition) is 1. The van der Waals surface area contributed by atoms with Crippen LogP contribution in [0.2, 0.25) is 0 Å². The van der Waals surface area contributed by atoms with Crippen molar-refractivity contribution in [1.29, 1.82) is 0 Å². The molecule has 1 saturated carbocycles. The first-order chi connectivity index (χ1) is 9.45. The zero-order valence-corrected chi connectivity index (χ0v) is 13.5. The highest BCUT2D eigenvalue weighted by Crippen LogP contribution is 2.37. The van der Waals surface area contributed by atoms with Gasteiger partial charge >= 0.3 is 0 Å². The van der Waals surface area contributed by atoms with Crippen LogP contribution in [-0.2, 0) is 11.8 Å². The average Bonchev–Trinajstić information content (AvgIpc) is 2.64. The molecule has 0 saturated heterocycles. The van der Waals surface area contributed by atoms with Crippen LogP contribution in [0.15, 0.2) is 24.3 Å². The highest BCUT2D eigenvalue weighted by Gasteiger charge is 2.29. The first-order valence-corrected chi connectivity index (χ1v) is 8.25. The topological polar surface area (TPSA) is 26.0 Å². The smallest absolute Gasteiger partial charge is 0.00173 e. The molecule has 0 bridgehead atoms. The van der Waals surface area contributed by atoms with Crippen LogP contribution in [0.1, 0.15) is 70.4 Å². The van der Waals surface area contributed by atoms with E-state index in [-0.39, 0.29) is 5.41 Å². The van der Waals surface area contributed by atoms with Crippen molar-refractivity contribution >= 4 is 0 Å². The largest absolute Gasteiger partial charge is 0.330 e. The van der Waals surface area contributed by atoms with Gasteiger partial charge in [-0.15, -0.1) is 0 Å². The molecule has 1 nitrogen and oxygen atoms in total. The molecule has 0 spiro atoms. The monoisotopic (exact) mass is 273 g/mol. The Bertz CT molecular complexity index is 402. The Morgan fingerprint density at radius 2 is 1.50 bits per heavy atom. The predicted molar refractivity (Wildman–Crippen MR) is 88.0 cm³/mol. The van der Waals surface area contributed by atoms with E-state index in [0.717, 1.165) is 13.0 Å². The fraction of sp³-hybridized carbons (Fsp3) is 0.684. The van der Waals surface area contributed by atoms with Gasteiger partial charge in [0.05, 0.1) is 0 Å². The molecule has 2 N–H and O–H groups in total. The second-order valence-electron chi connectivity index (χ2n) is 7.74. The zero-order valence-electron chi connectivity index (χ0n) is 13.5. The lowest BCUT2D eigenvalue weighted by Gasteiger charge is -2.32. The molecule has 1 aromatic rings. The minimum atomic E-state index is 0.242. The van der Waals surface area contributed by atoms with Crippen LogP contribution in [0.5, 0.6) is 0 Å². The van der Waals surface area contributed by atoms with Crippen molar-refractivity contribution < 1.29 is 0 Å². The highest BCUT2D eigenvalue weighted by molar-refractivity contribution is 5.28.